The number of piperidine rings is 1. The molecule has 6 atom stereocenters. The number of rotatable bonds is 13. The van der Waals surface area contributed by atoms with Crippen LogP contribution in [-0.2, 0) is 28.8 Å². The van der Waals surface area contributed by atoms with Crippen LogP contribution in [0.4, 0.5) is 4.79 Å². The molecule has 2 aliphatic heterocycles. The molecule has 3 rings (SSSR count). The van der Waals surface area contributed by atoms with Gasteiger partial charge in [-0.25, -0.2) is 4.79 Å². The maximum absolute atomic E-state index is 14.4. The van der Waals surface area contributed by atoms with E-state index in [4.69, 9.17) is 0 Å². The van der Waals surface area contributed by atoms with E-state index >= 15 is 0 Å². The monoisotopic (exact) mass is 724 g/mol. The van der Waals surface area contributed by atoms with Gasteiger partial charge < -0.3 is 26.2 Å². The Morgan fingerprint density at radius 2 is 1.62 bits per heavy atom. The van der Waals surface area contributed by atoms with Gasteiger partial charge in [-0.3, -0.25) is 33.7 Å². The fourth-order valence-electron chi connectivity index (χ4n) is 7.17. The standard InChI is InChI=1S/C39H60N6O7/c1-11-14-26(32(48)34(50)40-19-12-2)41-33(49)31-25-16-13-15-24(25)22-45(31)35(51)27(17-18-37(3,4)5)42-36(52)43-28(38(6,7)8)23-44-29(46)20-39(9,10)21-30(44)47/h12,24-28,31H,2,11,13-16,19-23H2,1,3-10H3,(H,40,50)(H,41,49)(H2,42,43,52)/t24-,25-,26?,27?,28+,31-/m0/s1. The van der Waals surface area contributed by atoms with Crippen LogP contribution in [0.25, 0.3) is 0 Å². The molecule has 0 bridgehead atoms. The van der Waals surface area contributed by atoms with Gasteiger partial charge in [-0.15, -0.1) is 6.58 Å². The molecule has 3 aliphatic rings. The number of urea groups is 1. The molecule has 0 aromatic rings. The fraction of sp³-hybridized carbons (Fsp3) is 0.718. The van der Waals surface area contributed by atoms with Crippen LogP contribution in [0, 0.1) is 39.9 Å². The Bertz CT molecular complexity index is 1460. The van der Waals surface area contributed by atoms with E-state index in [0.717, 1.165) is 12.8 Å². The van der Waals surface area contributed by atoms with Crippen LogP contribution in [0.5, 0.6) is 0 Å². The smallest absolute Gasteiger partial charge is 0.316 e. The number of Topliss-reactive ketones (excluding diaryl/α,β-unsaturated/α-hetero) is 1. The van der Waals surface area contributed by atoms with E-state index < -0.39 is 69.9 Å². The van der Waals surface area contributed by atoms with Crippen molar-refractivity contribution in [1.29, 1.82) is 0 Å². The Balaban J connectivity index is 1.87. The number of nitrogens with one attached hydrogen (secondary N) is 4. The summed E-state index contributed by atoms with van der Waals surface area (Å²) in [5, 5.41) is 10.9. The number of ketones is 1. The number of carbonyl (C=O) groups is 7. The number of fused-ring (bicyclic) bond motifs is 1. The number of likely N-dealkylation sites (tertiary alicyclic amines) is 2. The SMILES string of the molecule is C=CCNC(=O)C(=O)C(CCC)NC(=O)[C@@H]1[C@H]2CCC[C@H]2CN1C(=O)C(C#CC(C)(C)C)NC(=O)N[C@H](CN1C(=O)CC(C)(C)CC1=O)C(C)(C)C. The lowest BCUT2D eigenvalue weighted by Gasteiger charge is -2.39. The van der Waals surface area contributed by atoms with Gasteiger partial charge in [0.05, 0.1) is 12.1 Å². The number of carbonyl (C=O) groups excluding carboxylic acids is 7. The lowest BCUT2D eigenvalue weighted by Crippen LogP contribution is -2.60. The molecule has 13 heteroatoms. The van der Waals surface area contributed by atoms with E-state index in [0.29, 0.717) is 12.8 Å². The molecule has 0 radical (unpaired) electrons. The van der Waals surface area contributed by atoms with Crippen LogP contribution in [0.15, 0.2) is 12.7 Å². The van der Waals surface area contributed by atoms with Gasteiger partial charge in [-0.05, 0) is 62.7 Å². The number of imide groups is 1. The molecule has 1 aliphatic carbocycles. The Hall–Kier alpha value is -4.21. The second kappa shape index (κ2) is 17.1. The number of nitrogens with zero attached hydrogens (tertiary/aromatic N) is 2. The van der Waals surface area contributed by atoms with Crippen molar-refractivity contribution >= 4 is 41.4 Å². The van der Waals surface area contributed by atoms with Crippen LogP contribution in [0.2, 0.25) is 0 Å². The summed E-state index contributed by atoms with van der Waals surface area (Å²) in [5.41, 5.74) is -1.54. The fourth-order valence-corrected chi connectivity index (χ4v) is 7.17. The highest BCUT2D eigenvalue weighted by molar-refractivity contribution is 6.38. The third-order valence-corrected chi connectivity index (χ3v) is 9.97. The van der Waals surface area contributed by atoms with E-state index in [1.165, 1.54) is 15.9 Å². The summed E-state index contributed by atoms with van der Waals surface area (Å²) in [4.78, 5) is 96.3. The van der Waals surface area contributed by atoms with Crippen molar-refractivity contribution < 1.29 is 33.6 Å². The van der Waals surface area contributed by atoms with Crippen LogP contribution in [0.3, 0.4) is 0 Å². The normalized spacial score (nSPS) is 23.0. The first-order valence-electron chi connectivity index (χ1n) is 18.5. The molecule has 288 valence electrons. The highest BCUT2D eigenvalue weighted by Crippen LogP contribution is 2.42. The van der Waals surface area contributed by atoms with Crippen molar-refractivity contribution in [3.8, 4) is 11.8 Å². The Labute approximate surface area is 309 Å². The molecule has 0 aromatic heterocycles. The zero-order chi connectivity index (χ0) is 39.2. The van der Waals surface area contributed by atoms with Gasteiger partial charge in [0.15, 0.2) is 6.04 Å². The van der Waals surface area contributed by atoms with Crippen LogP contribution in [0.1, 0.15) is 107 Å². The molecule has 0 spiro atoms. The second-order valence-electron chi connectivity index (χ2n) is 17.4. The minimum atomic E-state index is -1.33. The average Bonchev–Trinajstić information content (AvgIpc) is 3.62. The summed E-state index contributed by atoms with van der Waals surface area (Å²) in [6, 6.07) is -4.69. The molecule has 0 aromatic carbocycles. The first kappa shape index (κ1) is 42.2. The van der Waals surface area contributed by atoms with Gasteiger partial charge in [0.1, 0.15) is 6.04 Å². The first-order valence-corrected chi connectivity index (χ1v) is 18.5. The third kappa shape index (κ3) is 11.1. The Morgan fingerprint density at radius 3 is 2.17 bits per heavy atom. The maximum Gasteiger partial charge on any atom is 0.316 e. The predicted octanol–water partition coefficient (Wildman–Crippen LogP) is 3.08. The molecule has 2 heterocycles. The number of hydrogen-bond donors (Lipinski definition) is 4. The second-order valence-corrected chi connectivity index (χ2v) is 17.4. The van der Waals surface area contributed by atoms with Crippen LogP contribution < -0.4 is 21.3 Å². The lowest BCUT2D eigenvalue weighted by atomic mass is 9.80. The molecule has 2 unspecified atom stereocenters. The maximum atomic E-state index is 14.4. The van der Waals surface area contributed by atoms with Crippen molar-refractivity contribution in [2.45, 2.75) is 131 Å². The molecule has 13 nitrogen and oxygen atoms in total. The quantitative estimate of drug-likeness (QED) is 0.0978. The molecule has 7 amide bonds. The summed E-state index contributed by atoms with van der Waals surface area (Å²) in [7, 11) is 0. The molecule has 4 N–H and O–H groups in total. The van der Waals surface area contributed by atoms with Crippen molar-refractivity contribution in [2.75, 3.05) is 19.6 Å². The largest absolute Gasteiger partial charge is 0.346 e. The number of amides is 7. The van der Waals surface area contributed by atoms with Crippen LogP contribution in [-0.4, -0.2) is 95.0 Å². The minimum Gasteiger partial charge on any atom is -0.346 e. The lowest BCUT2D eigenvalue weighted by molar-refractivity contribution is -0.153. The summed E-state index contributed by atoms with van der Waals surface area (Å²) >= 11 is 0. The van der Waals surface area contributed by atoms with Gasteiger partial charge in [-0.1, -0.05) is 72.3 Å². The Kier molecular flexibility index (Phi) is 13.9. The third-order valence-electron chi connectivity index (χ3n) is 9.97. The van der Waals surface area contributed by atoms with Crippen molar-refractivity contribution in [3.63, 3.8) is 0 Å². The highest BCUT2D eigenvalue weighted by Gasteiger charge is 2.51. The van der Waals surface area contributed by atoms with E-state index in [1.54, 1.807) is 0 Å². The minimum absolute atomic E-state index is 0.0298. The Morgan fingerprint density at radius 1 is 0.981 bits per heavy atom. The summed E-state index contributed by atoms with van der Waals surface area (Å²) in [5.74, 6) is 2.62. The zero-order valence-corrected chi connectivity index (χ0v) is 32.6. The van der Waals surface area contributed by atoms with Gasteiger partial charge in [0.2, 0.25) is 23.5 Å². The number of hydrogen-bond acceptors (Lipinski definition) is 7. The molecule has 2 saturated heterocycles. The molecule has 52 heavy (non-hydrogen) atoms. The van der Waals surface area contributed by atoms with Crippen molar-refractivity contribution in [2.24, 2.45) is 28.1 Å². The van der Waals surface area contributed by atoms with Crippen molar-refractivity contribution in [1.82, 2.24) is 31.1 Å². The molecule has 3 fully saturated rings. The average molecular weight is 725 g/mol. The van der Waals surface area contributed by atoms with Gasteiger partial charge in [-0.2, -0.15) is 0 Å². The summed E-state index contributed by atoms with van der Waals surface area (Å²) in [6.07, 6.45) is 5.07. The van der Waals surface area contributed by atoms with E-state index in [1.807, 2.05) is 62.3 Å². The van der Waals surface area contributed by atoms with E-state index in [2.05, 4.69) is 39.7 Å². The molecular weight excluding hydrogens is 664 g/mol. The van der Waals surface area contributed by atoms with Crippen molar-refractivity contribution in [3.05, 3.63) is 12.7 Å². The van der Waals surface area contributed by atoms with E-state index in [9.17, 15) is 33.6 Å². The van der Waals surface area contributed by atoms with Gasteiger partial charge >= 0.3 is 6.03 Å². The van der Waals surface area contributed by atoms with Gasteiger partial charge in [0, 0.05) is 37.9 Å². The van der Waals surface area contributed by atoms with E-state index in [-0.39, 0.29) is 62.5 Å². The van der Waals surface area contributed by atoms with Gasteiger partial charge in [0.25, 0.3) is 11.8 Å². The summed E-state index contributed by atoms with van der Waals surface area (Å²) < 4.78 is 0. The first-order chi connectivity index (χ1) is 24.1. The molecular formula is C39H60N6O7. The summed E-state index contributed by atoms with van der Waals surface area (Å²) in [6.45, 7) is 20.8. The van der Waals surface area contributed by atoms with Crippen LogP contribution >= 0.6 is 0 Å². The topological polar surface area (TPSA) is 174 Å². The predicted molar refractivity (Wildman–Crippen MR) is 197 cm³/mol. The molecule has 1 saturated carbocycles. The highest BCUT2D eigenvalue weighted by atomic mass is 16.2. The zero-order valence-electron chi connectivity index (χ0n) is 32.6.